The summed E-state index contributed by atoms with van der Waals surface area (Å²) in [4.78, 5) is 10.1. The van der Waals surface area contributed by atoms with Crippen LogP contribution in [0.25, 0.3) is 0 Å². The van der Waals surface area contributed by atoms with E-state index in [0.29, 0.717) is 0 Å². The summed E-state index contributed by atoms with van der Waals surface area (Å²) in [5.74, 6) is -2.29. The minimum absolute atomic E-state index is 0.148. The van der Waals surface area contributed by atoms with Crippen molar-refractivity contribution in [1.29, 1.82) is 0 Å². The van der Waals surface area contributed by atoms with E-state index in [2.05, 4.69) is 0 Å². The van der Waals surface area contributed by atoms with Crippen LogP contribution in [-0.2, 0) is 4.79 Å². The number of halogens is 1. The highest BCUT2D eigenvalue weighted by molar-refractivity contribution is 5.83. The van der Waals surface area contributed by atoms with Crippen molar-refractivity contribution in [3.05, 3.63) is 11.9 Å². The van der Waals surface area contributed by atoms with Gasteiger partial charge in [0.05, 0.1) is 0 Å². The van der Waals surface area contributed by atoms with E-state index in [-0.39, 0.29) is 5.92 Å². The molecule has 1 aliphatic rings. The standard InChI is InChI=1S/C9H13FO2/c10-8(9(11)12)6-7-4-2-1-3-5-7/h6-7H,1-5H2,(H,11,12)/b8-6-. The number of allylic oxidation sites excluding steroid dienone is 1. The number of aliphatic carboxylic acids is 1. The summed E-state index contributed by atoms with van der Waals surface area (Å²) in [6.07, 6.45) is 6.49. The number of carboxylic acid groups (broad SMARTS) is 1. The molecule has 0 atom stereocenters. The molecule has 0 saturated heterocycles. The lowest BCUT2D eigenvalue weighted by molar-refractivity contribution is -0.134. The molecule has 1 rings (SSSR count). The van der Waals surface area contributed by atoms with E-state index in [4.69, 9.17) is 5.11 Å². The van der Waals surface area contributed by atoms with Gasteiger partial charge in [0.25, 0.3) is 0 Å². The minimum atomic E-state index is -1.44. The van der Waals surface area contributed by atoms with Gasteiger partial charge >= 0.3 is 5.97 Å². The molecule has 0 aliphatic heterocycles. The average Bonchev–Trinajstić information content (AvgIpc) is 2.06. The highest BCUT2D eigenvalue weighted by atomic mass is 19.1. The Balaban J connectivity index is 2.47. The molecule has 68 valence electrons. The van der Waals surface area contributed by atoms with E-state index >= 15 is 0 Å². The molecular formula is C9H13FO2. The molecular weight excluding hydrogens is 159 g/mol. The molecule has 3 heteroatoms. The summed E-state index contributed by atoms with van der Waals surface area (Å²) in [5.41, 5.74) is 0. The molecule has 0 unspecified atom stereocenters. The molecule has 0 spiro atoms. The fourth-order valence-corrected chi connectivity index (χ4v) is 1.58. The van der Waals surface area contributed by atoms with Crippen molar-refractivity contribution in [3.8, 4) is 0 Å². The van der Waals surface area contributed by atoms with Gasteiger partial charge in [-0.05, 0) is 24.8 Å². The smallest absolute Gasteiger partial charge is 0.364 e. The van der Waals surface area contributed by atoms with Gasteiger partial charge in [0.2, 0.25) is 5.83 Å². The first kappa shape index (κ1) is 9.23. The van der Waals surface area contributed by atoms with Crippen molar-refractivity contribution in [2.45, 2.75) is 32.1 Å². The Morgan fingerprint density at radius 3 is 2.42 bits per heavy atom. The Labute approximate surface area is 71.1 Å². The largest absolute Gasteiger partial charge is 0.476 e. The van der Waals surface area contributed by atoms with Gasteiger partial charge in [-0.2, -0.15) is 4.39 Å². The fraction of sp³-hybridized carbons (Fsp3) is 0.667. The second-order valence-electron chi connectivity index (χ2n) is 3.22. The monoisotopic (exact) mass is 172 g/mol. The first-order chi connectivity index (χ1) is 5.70. The van der Waals surface area contributed by atoms with Crippen LogP contribution in [0.15, 0.2) is 11.9 Å². The lowest BCUT2D eigenvalue weighted by atomic mass is 9.89. The van der Waals surface area contributed by atoms with Gasteiger partial charge in [-0.25, -0.2) is 4.79 Å². The number of hydrogen-bond acceptors (Lipinski definition) is 1. The molecule has 0 heterocycles. The zero-order valence-electron chi connectivity index (χ0n) is 6.92. The average molecular weight is 172 g/mol. The highest BCUT2D eigenvalue weighted by Gasteiger charge is 2.14. The van der Waals surface area contributed by atoms with Gasteiger partial charge in [0, 0.05) is 0 Å². The van der Waals surface area contributed by atoms with E-state index in [1.807, 2.05) is 0 Å². The molecule has 0 bridgehead atoms. The van der Waals surface area contributed by atoms with Crippen LogP contribution in [0.2, 0.25) is 0 Å². The fourth-order valence-electron chi connectivity index (χ4n) is 1.58. The third-order valence-corrected chi connectivity index (χ3v) is 2.24. The van der Waals surface area contributed by atoms with E-state index in [1.165, 1.54) is 12.5 Å². The van der Waals surface area contributed by atoms with E-state index in [9.17, 15) is 9.18 Å². The second-order valence-corrected chi connectivity index (χ2v) is 3.22. The number of rotatable bonds is 2. The maximum atomic E-state index is 12.6. The van der Waals surface area contributed by atoms with Gasteiger partial charge in [0.1, 0.15) is 0 Å². The van der Waals surface area contributed by atoms with Gasteiger partial charge < -0.3 is 5.11 Å². The van der Waals surface area contributed by atoms with Crippen molar-refractivity contribution < 1.29 is 14.3 Å². The molecule has 1 aliphatic carbocycles. The molecule has 1 saturated carbocycles. The summed E-state index contributed by atoms with van der Waals surface area (Å²) >= 11 is 0. The summed E-state index contributed by atoms with van der Waals surface area (Å²) in [5, 5.41) is 8.27. The van der Waals surface area contributed by atoms with Crippen LogP contribution in [0.5, 0.6) is 0 Å². The topological polar surface area (TPSA) is 37.3 Å². The van der Waals surface area contributed by atoms with Gasteiger partial charge in [-0.3, -0.25) is 0 Å². The molecule has 2 nitrogen and oxygen atoms in total. The van der Waals surface area contributed by atoms with Gasteiger partial charge in [-0.15, -0.1) is 0 Å². The Morgan fingerprint density at radius 1 is 1.33 bits per heavy atom. The van der Waals surface area contributed by atoms with Crippen molar-refractivity contribution in [1.82, 2.24) is 0 Å². The number of hydrogen-bond donors (Lipinski definition) is 1. The van der Waals surface area contributed by atoms with Crippen molar-refractivity contribution in [2.75, 3.05) is 0 Å². The highest BCUT2D eigenvalue weighted by Crippen LogP contribution is 2.25. The first-order valence-corrected chi connectivity index (χ1v) is 4.31. The van der Waals surface area contributed by atoms with E-state index in [0.717, 1.165) is 25.7 Å². The lowest BCUT2D eigenvalue weighted by Gasteiger charge is -2.17. The summed E-state index contributed by atoms with van der Waals surface area (Å²) in [6, 6.07) is 0. The van der Waals surface area contributed by atoms with Gasteiger partial charge in [0.15, 0.2) is 0 Å². The zero-order valence-corrected chi connectivity index (χ0v) is 6.92. The Morgan fingerprint density at radius 2 is 1.92 bits per heavy atom. The van der Waals surface area contributed by atoms with Crippen LogP contribution in [0.1, 0.15) is 32.1 Å². The van der Waals surface area contributed by atoms with Crippen LogP contribution < -0.4 is 0 Å². The molecule has 1 fully saturated rings. The predicted octanol–water partition coefficient (Wildman–Crippen LogP) is 2.50. The molecule has 1 N–H and O–H groups in total. The SMILES string of the molecule is O=C(O)/C(F)=C/C1CCCCC1. The lowest BCUT2D eigenvalue weighted by Crippen LogP contribution is -2.05. The summed E-state index contributed by atoms with van der Waals surface area (Å²) < 4.78 is 12.6. The quantitative estimate of drug-likeness (QED) is 0.650. The Bertz CT molecular complexity index is 193. The van der Waals surface area contributed by atoms with E-state index < -0.39 is 11.8 Å². The Hall–Kier alpha value is -0.860. The molecule has 12 heavy (non-hydrogen) atoms. The van der Waals surface area contributed by atoms with Gasteiger partial charge in [-0.1, -0.05) is 19.3 Å². The van der Waals surface area contributed by atoms with Crippen LogP contribution in [0.4, 0.5) is 4.39 Å². The van der Waals surface area contributed by atoms with Crippen molar-refractivity contribution in [2.24, 2.45) is 5.92 Å². The first-order valence-electron chi connectivity index (χ1n) is 4.31. The molecule has 0 aromatic rings. The normalized spacial score (nSPS) is 20.9. The molecule has 0 aromatic carbocycles. The summed E-state index contributed by atoms with van der Waals surface area (Å²) in [7, 11) is 0. The molecule has 0 aromatic heterocycles. The minimum Gasteiger partial charge on any atom is -0.476 e. The number of carbonyl (C=O) groups is 1. The number of carboxylic acids is 1. The molecule has 0 amide bonds. The maximum Gasteiger partial charge on any atom is 0.364 e. The van der Waals surface area contributed by atoms with Crippen LogP contribution in [-0.4, -0.2) is 11.1 Å². The Kier molecular flexibility index (Phi) is 3.26. The molecule has 0 radical (unpaired) electrons. The van der Waals surface area contributed by atoms with Crippen molar-refractivity contribution >= 4 is 5.97 Å². The third-order valence-electron chi connectivity index (χ3n) is 2.24. The second kappa shape index (κ2) is 4.24. The maximum absolute atomic E-state index is 12.6. The van der Waals surface area contributed by atoms with Crippen LogP contribution in [0.3, 0.4) is 0 Å². The van der Waals surface area contributed by atoms with Crippen LogP contribution in [0, 0.1) is 5.92 Å². The third kappa shape index (κ3) is 2.64. The summed E-state index contributed by atoms with van der Waals surface area (Å²) in [6.45, 7) is 0. The predicted molar refractivity (Wildman–Crippen MR) is 43.4 cm³/mol. The zero-order chi connectivity index (χ0) is 8.97. The van der Waals surface area contributed by atoms with Crippen LogP contribution >= 0.6 is 0 Å². The van der Waals surface area contributed by atoms with Crippen molar-refractivity contribution in [3.63, 3.8) is 0 Å². The van der Waals surface area contributed by atoms with E-state index in [1.54, 1.807) is 0 Å².